The van der Waals surface area contributed by atoms with E-state index < -0.39 is 0 Å². The highest BCUT2D eigenvalue weighted by Crippen LogP contribution is 2.46. The first-order valence-electron chi connectivity index (χ1n) is 6.41. The van der Waals surface area contributed by atoms with E-state index in [-0.39, 0.29) is 0 Å². The molecule has 1 unspecified atom stereocenters. The third-order valence-corrected chi connectivity index (χ3v) is 3.44. The van der Waals surface area contributed by atoms with Crippen molar-refractivity contribution < 1.29 is 0 Å². The lowest BCUT2D eigenvalue weighted by Crippen LogP contribution is -1.77. The van der Waals surface area contributed by atoms with E-state index in [0.29, 0.717) is 5.92 Å². The van der Waals surface area contributed by atoms with Gasteiger partial charge in [0.2, 0.25) is 0 Å². The van der Waals surface area contributed by atoms with Gasteiger partial charge in [0.15, 0.2) is 0 Å². The topological polar surface area (TPSA) is 0 Å². The number of hydrogen-bond acceptors (Lipinski definition) is 0. The van der Waals surface area contributed by atoms with Gasteiger partial charge in [-0.3, -0.25) is 0 Å². The molecular weight excluding hydrogens is 216 g/mol. The van der Waals surface area contributed by atoms with E-state index in [1.165, 1.54) is 22.3 Å². The molecule has 0 nitrogen and oxygen atoms in total. The van der Waals surface area contributed by atoms with Crippen LogP contribution >= 0.6 is 0 Å². The molecule has 3 rings (SSSR count). The van der Waals surface area contributed by atoms with E-state index in [2.05, 4.69) is 67.3 Å². The molecule has 1 fully saturated rings. The molecule has 0 heteroatoms. The SMILES string of the molecule is CC(=C=C1CC1c1ccccc1)c1ccccc1. The van der Waals surface area contributed by atoms with Crippen LogP contribution in [0.4, 0.5) is 0 Å². The first-order chi connectivity index (χ1) is 8.84. The molecule has 0 N–H and O–H groups in total. The Morgan fingerprint density at radius 1 is 0.944 bits per heavy atom. The van der Waals surface area contributed by atoms with Gasteiger partial charge in [-0.05, 0) is 35.6 Å². The fourth-order valence-electron chi connectivity index (χ4n) is 2.30. The summed E-state index contributed by atoms with van der Waals surface area (Å²) >= 11 is 0. The van der Waals surface area contributed by atoms with E-state index in [1.54, 1.807) is 0 Å². The zero-order valence-corrected chi connectivity index (χ0v) is 10.6. The monoisotopic (exact) mass is 232 g/mol. The highest BCUT2D eigenvalue weighted by Gasteiger charge is 2.30. The standard InChI is InChI=1S/C18H16/c1-14(15-8-4-2-5-9-15)12-17-13-18(17)16-10-6-3-7-11-16/h2-11,18H,13H2,1H3. The summed E-state index contributed by atoms with van der Waals surface area (Å²) < 4.78 is 0. The molecule has 0 heterocycles. The van der Waals surface area contributed by atoms with Crippen molar-refractivity contribution in [1.29, 1.82) is 0 Å². The van der Waals surface area contributed by atoms with Gasteiger partial charge in [0.05, 0.1) is 0 Å². The van der Waals surface area contributed by atoms with Crippen molar-refractivity contribution in [2.45, 2.75) is 19.3 Å². The molecule has 88 valence electrons. The molecule has 2 aromatic carbocycles. The lowest BCUT2D eigenvalue weighted by Gasteiger charge is -1.96. The Balaban J connectivity index is 1.88. The summed E-state index contributed by atoms with van der Waals surface area (Å²) in [4.78, 5) is 0. The Bertz CT molecular complexity index is 599. The molecule has 0 aliphatic heterocycles. The molecule has 0 spiro atoms. The molecule has 0 radical (unpaired) electrons. The van der Waals surface area contributed by atoms with Gasteiger partial charge in [0.25, 0.3) is 0 Å². The van der Waals surface area contributed by atoms with Crippen LogP contribution in [0.1, 0.15) is 30.4 Å². The van der Waals surface area contributed by atoms with Crippen LogP contribution in [0, 0.1) is 0 Å². The number of hydrogen-bond donors (Lipinski definition) is 0. The maximum absolute atomic E-state index is 3.55. The first-order valence-corrected chi connectivity index (χ1v) is 6.41. The van der Waals surface area contributed by atoms with Crippen molar-refractivity contribution in [3.05, 3.63) is 83.1 Å². The van der Waals surface area contributed by atoms with Crippen molar-refractivity contribution in [1.82, 2.24) is 0 Å². The predicted molar refractivity (Wildman–Crippen MR) is 76.3 cm³/mol. The highest BCUT2D eigenvalue weighted by molar-refractivity contribution is 5.64. The largest absolute Gasteiger partial charge is 0.117 e. The molecule has 0 saturated heterocycles. The quantitative estimate of drug-likeness (QED) is 0.652. The number of benzene rings is 2. The van der Waals surface area contributed by atoms with Gasteiger partial charge < -0.3 is 0 Å². The van der Waals surface area contributed by atoms with Gasteiger partial charge in [-0.15, -0.1) is 5.73 Å². The summed E-state index contributed by atoms with van der Waals surface area (Å²) in [5.74, 6) is 0.602. The van der Waals surface area contributed by atoms with E-state index in [1.807, 2.05) is 6.07 Å². The second-order valence-corrected chi connectivity index (χ2v) is 4.81. The van der Waals surface area contributed by atoms with Crippen LogP contribution in [0.15, 0.2) is 72.0 Å². The van der Waals surface area contributed by atoms with Crippen LogP contribution in [0.3, 0.4) is 0 Å². The minimum absolute atomic E-state index is 0.602. The van der Waals surface area contributed by atoms with Gasteiger partial charge in [-0.25, -0.2) is 0 Å². The smallest absolute Gasteiger partial charge is 0.0168 e. The summed E-state index contributed by atoms with van der Waals surface area (Å²) in [6.45, 7) is 2.14. The van der Waals surface area contributed by atoms with E-state index in [9.17, 15) is 0 Å². The van der Waals surface area contributed by atoms with Gasteiger partial charge in [0.1, 0.15) is 0 Å². The van der Waals surface area contributed by atoms with Gasteiger partial charge in [0, 0.05) is 5.92 Å². The first kappa shape index (κ1) is 11.1. The van der Waals surface area contributed by atoms with Crippen molar-refractivity contribution in [2.24, 2.45) is 0 Å². The maximum Gasteiger partial charge on any atom is 0.0168 e. The van der Waals surface area contributed by atoms with Crippen molar-refractivity contribution >= 4 is 5.57 Å². The van der Waals surface area contributed by atoms with Crippen molar-refractivity contribution in [3.8, 4) is 0 Å². The minimum Gasteiger partial charge on any atom is -0.117 e. The zero-order chi connectivity index (χ0) is 12.4. The third kappa shape index (κ3) is 2.30. The van der Waals surface area contributed by atoms with Crippen molar-refractivity contribution in [3.63, 3.8) is 0 Å². The molecular formula is C18H16. The molecule has 0 bridgehead atoms. The summed E-state index contributed by atoms with van der Waals surface area (Å²) in [5.41, 5.74) is 8.91. The number of allylic oxidation sites excluding steroid dienone is 1. The molecule has 1 aliphatic carbocycles. The molecule has 1 atom stereocenters. The predicted octanol–water partition coefficient (Wildman–Crippen LogP) is 4.80. The normalized spacial score (nSPS) is 17.2. The third-order valence-electron chi connectivity index (χ3n) is 3.44. The highest BCUT2D eigenvalue weighted by atomic mass is 14.3. The maximum atomic E-state index is 3.55. The van der Waals surface area contributed by atoms with Crippen LogP contribution < -0.4 is 0 Å². The second kappa shape index (κ2) is 4.68. The molecule has 0 aromatic heterocycles. The van der Waals surface area contributed by atoms with E-state index in [0.717, 1.165) is 6.42 Å². The van der Waals surface area contributed by atoms with Gasteiger partial charge in [-0.1, -0.05) is 60.7 Å². The lowest BCUT2D eigenvalue weighted by molar-refractivity contribution is 1.16. The fraction of sp³-hybridized carbons (Fsp3) is 0.167. The summed E-state index contributed by atoms with van der Waals surface area (Å²) in [5, 5.41) is 0. The van der Waals surface area contributed by atoms with E-state index in [4.69, 9.17) is 0 Å². The van der Waals surface area contributed by atoms with Crippen LogP contribution in [0.5, 0.6) is 0 Å². The molecule has 18 heavy (non-hydrogen) atoms. The van der Waals surface area contributed by atoms with Crippen LogP contribution in [0.25, 0.3) is 5.57 Å². The molecule has 1 saturated carbocycles. The Morgan fingerprint density at radius 2 is 1.56 bits per heavy atom. The molecule has 0 amide bonds. The minimum atomic E-state index is 0.602. The van der Waals surface area contributed by atoms with E-state index >= 15 is 0 Å². The Morgan fingerprint density at radius 3 is 2.22 bits per heavy atom. The summed E-state index contributed by atoms with van der Waals surface area (Å²) in [6.07, 6.45) is 1.16. The zero-order valence-electron chi connectivity index (χ0n) is 10.6. The Hall–Kier alpha value is -2.04. The Labute approximate surface area is 108 Å². The van der Waals surface area contributed by atoms with Gasteiger partial charge in [-0.2, -0.15) is 0 Å². The van der Waals surface area contributed by atoms with Crippen LogP contribution in [-0.4, -0.2) is 0 Å². The molecule has 2 aromatic rings. The lowest BCUT2D eigenvalue weighted by atomic mass is 10.1. The second-order valence-electron chi connectivity index (χ2n) is 4.81. The van der Waals surface area contributed by atoms with Crippen LogP contribution in [0.2, 0.25) is 0 Å². The Kier molecular flexibility index (Phi) is 2.88. The summed E-state index contributed by atoms with van der Waals surface area (Å²) in [7, 11) is 0. The number of rotatable bonds is 2. The fourth-order valence-corrected chi connectivity index (χ4v) is 2.30. The van der Waals surface area contributed by atoms with Crippen LogP contribution in [-0.2, 0) is 0 Å². The molecule has 1 aliphatic rings. The average Bonchev–Trinajstić information content (AvgIpc) is 3.20. The summed E-state index contributed by atoms with van der Waals surface area (Å²) in [6, 6.07) is 21.2. The average molecular weight is 232 g/mol. The van der Waals surface area contributed by atoms with Crippen molar-refractivity contribution in [2.75, 3.05) is 0 Å². The van der Waals surface area contributed by atoms with Gasteiger partial charge >= 0.3 is 0 Å².